The summed E-state index contributed by atoms with van der Waals surface area (Å²) in [6.45, 7) is 7.92. The number of ether oxygens (including phenoxy) is 3. The van der Waals surface area contributed by atoms with E-state index in [9.17, 15) is 14.7 Å². The van der Waals surface area contributed by atoms with Crippen LogP contribution < -0.4 is 10.6 Å². The summed E-state index contributed by atoms with van der Waals surface area (Å²) in [5.41, 5.74) is 6.87. The Morgan fingerprint density at radius 2 is 1.33 bits per heavy atom. The number of methoxy groups -OCH3 is 1. The third kappa shape index (κ3) is 16.4. The number of benzene rings is 4. The number of nitrogens with zero attached hydrogens (tertiary/aromatic N) is 1. The normalized spacial score (nSPS) is 16.9. The number of carbonyl (C=O) groups is 2. The van der Waals surface area contributed by atoms with Gasteiger partial charge in [0.05, 0.1) is 25.9 Å². The maximum Gasteiger partial charge on any atom is 0.328 e. The predicted molar refractivity (Wildman–Crippen MR) is 245 cm³/mol. The van der Waals surface area contributed by atoms with Gasteiger partial charge in [-0.25, -0.2) is 9.59 Å². The maximum atomic E-state index is 12.9. The van der Waals surface area contributed by atoms with Crippen molar-refractivity contribution in [3.8, 4) is 11.1 Å². The Hall–Kier alpha value is -4.54. The number of esters is 1. The molecule has 2 amide bonds. The van der Waals surface area contributed by atoms with Crippen molar-refractivity contribution >= 4 is 12.0 Å². The number of carbonyl (C=O) groups excluding carboxylic acids is 2. The molecule has 9 heteroatoms. The quantitative estimate of drug-likeness (QED) is 0.0427. The van der Waals surface area contributed by atoms with Crippen molar-refractivity contribution in [2.24, 2.45) is 0 Å². The molecule has 4 aromatic carbocycles. The summed E-state index contributed by atoms with van der Waals surface area (Å²) in [5.74, 6) is -0.495. The Balaban J connectivity index is 1.24. The van der Waals surface area contributed by atoms with Crippen LogP contribution in [0.15, 0.2) is 103 Å². The van der Waals surface area contributed by atoms with Gasteiger partial charge in [0.2, 0.25) is 0 Å². The molecule has 1 fully saturated rings. The zero-order chi connectivity index (χ0) is 43.1. The minimum absolute atomic E-state index is 0.00347. The third-order valence-electron chi connectivity index (χ3n) is 11.7. The van der Waals surface area contributed by atoms with E-state index in [4.69, 9.17) is 14.2 Å². The summed E-state index contributed by atoms with van der Waals surface area (Å²) < 4.78 is 18.5. The molecule has 1 aliphatic heterocycles. The van der Waals surface area contributed by atoms with E-state index in [1.807, 2.05) is 54.6 Å². The summed E-state index contributed by atoms with van der Waals surface area (Å²) in [5, 5.41) is 15.4. The molecule has 0 spiro atoms. The molecule has 4 unspecified atom stereocenters. The first-order valence-electron chi connectivity index (χ1n) is 23.0. The van der Waals surface area contributed by atoms with Crippen LogP contribution >= 0.6 is 0 Å². The summed E-state index contributed by atoms with van der Waals surface area (Å²) in [7, 11) is 1.32. The first-order chi connectivity index (χ1) is 29.9. The van der Waals surface area contributed by atoms with Gasteiger partial charge in [0.1, 0.15) is 6.04 Å². The first kappa shape index (κ1) is 47.5. The highest BCUT2D eigenvalue weighted by Gasteiger charge is 2.33. The van der Waals surface area contributed by atoms with Crippen molar-refractivity contribution in [1.82, 2.24) is 15.5 Å². The van der Waals surface area contributed by atoms with Gasteiger partial charge in [-0.3, -0.25) is 0 Å². The van der Waals surface area contributed by atoms with E-state index in [2.05, 4.69) is 77.9 Å². The van der Waals surface area contributed by atoms with Gasteiger partial charge in [-0.05, 0) is 65.4 Å². The lowest BCUT2D eigenvalue weighted by Crippen LogP contribution is -2.47. The number of rotatable bonds is 26. The largest absolute Gasteiger partial charge is 0.467 e. The fourth-order valence-corrected chi connectivity index (χ4v) is 8.12. The lowest BCUT2D eigenvalue weighted by atomic mass is 9.98. The van der Waals surface area contributed by atoms with Crippen LogP contribution in [0, 0.1) is 0 Å². The second-order valence-electron chi connectivity index (χ2n) is 16.6. The van der Waals surface area contributed by atoms with E-state index in [1.165, 1.54) is 84.2 Å². The summed E-state index contributed by atoms with van der Waals surface area (Å²) in [6.07, 6.45) is 15.9. The van der Waals surface area contributed by atoms with Crippen molar-refractivity contribution in [1.29, 1.82) is 0 Å². The van der Waals surface area contributed by atoms with Crippen LogP contribution in [0.2, 0.25) is 0 Å². The van der Waals surface area contributed by atoms with Gasteiger partial charge >= 0.3 is 12.0 Å². The van der Waals surface area contributed by atoms with Gasteiger partial charge in [0, 0.05) is 31.5 Å². The first-order valence-corrected chi connectivity index (χ1v) is 23.0. The monoisotopic (exact) mass is 834 g/mol. The third-order valence-corrected chi connectivity index (χ3v) is 11.7. The van der Waals surface area contributed by atoms with Crippen molar-refractivity contribution < 1.29 is 28.9 Å². The molecule has 0 aliphatic carbocycles. The highest BCUT2D eigenvalue weighted by atomic mass is 16.7. The fourth-order valence-electron chi connectivity index (χ4n) is 8.12. The van der Waals surface area contributed by atoms with Gasteiger partial charge in [0.15, 0.2) is 6.29 Å². The van der Waals surface area contributed by atoms with E-state index in [-0.39, 0.29) is 25.4 Å². The molecular formula is C52H71N3O6. The van der Waals surface area contributed by atoms with Gasteiger partial charge in [-0.15, -0.1) is 0 Å². The van der Waals surface area contributed by atoms with Gasteiger partial charge < -0.3 is 34.9 Å². The Morgan fingerprint density at radius 3 is 1.97 bits per heavy atom. The van der Waals surface area contributed by atoms with Crippen LogP contribution in [-0.4, -0.2) is 60.9 Å². The zero-order valence-electron chi connectivity index (χ0n) is 37.0. The number of aliphatic hydroxyl groups excluding tert-OH is 1. The smallest absolute Gasteiger partial charge is 0.328 e. The Bertz CT molecular complexity index is 1820. The van der Waals surface area contributed by atoms with E-state index in [1.54, 1.807) is 0 Å². The lowest BCUT2D eigenvalue weighted by Gasteiger charge is -2.38. The topological polar surface area (TPSA) is 109 Å². The standard InChI is InChI=1S/C52H71N3O6/c1-4-6-8-10-12-17-32-55(33-18-13-11-9-7-5-2)38-47-36-49(44-26-24-41(39-56)25-27-44)61-51(60-47)45-30-28-43(29-31-45)46-23-19-22-42(34-46)37-53-52(58)54-48(50(57)59-3)35-40-20-15-14-16-21-40/h14-16,19-31,34,47-49,51,56H,4-13,17-18,32-33,35-39H2,1-3H3,(H2,53,54,58). The molecule has 4 atom stereocenters. The summed E-state index contributed by atoms with van der Waals surface area (Å²) in [6, 6.07) is 32.9. The highest BCUT2D eigenvalue weighted by molar-refractivity contribution is 5.83. The molecule has 1 saturated heterocycles. The zero-order valence-corrected chi connectivity index (χ0v) is 37.0. The SMILES string of the molecule is CCCCCCCCN(CCCCCCCC)CC1CC(c2ccc(CO)cc2)OC(c2ccc(-c3cccc(CNC(=O)NC(Cc4ccccc4)C(=O)OC)c3)cc2)O1. The second-order valence-corrected chi connectivity index (χ2v) is 16.6. The number of nitrogens with one attached hydrogen (secondary N) is 2. The Kier molecular flexibility index (Phi) is 20.8. The fraction of sp³-hybridized carbons (Fsp3) is 0.500. The van der Waals surface area contributed by atoms with Crippen LogP contribution in [-0.2, 0) is 38.6 Å². The minimum Gasteiger partial charge on any atom is -0.467 e. The minimum atomic E-state index is -0.805. The second kappa shape index (κ2) is 26.7. The molecule has 1 heterocycles. The lowest BCUT2D eigenvalue weighted by molar-refractivity contribution is -0.253. The van der Waals surface area contributed by atoms with Crippen LogP contribution in [0.4, 0.5) is 4.79 Å². The number of amides is 2. The molecular weight excluding hydrogens is 763 g/mol. The molecule has 1 aliphatic rings. The summed E-state index contributed by atoms with van der Waals surface area (Å²) >= 11 is 0. The molecule has 330 valence electrons. The van der Waals surface area contributed by atoms with Gasteiger partial charge in [-0.1, -0.05) is 175 Å². The van der Waals surface area contributed by atoms with Crippen LogP contribution in [0.5, 0.6) is 0 Å². The average molecular weight is 834 g/mol. The van der Waals surface area contributed by atoms with Gasteiger partial charge in [0.25, 0.3) is 0 Å². The number of aliphatic hydroxyl groups is 1. The average Bonchev–Trinajstić information content (AvgIpc) is 3.30. The maximum absolute atomic E-state index is 12.9. The van der Waals surface area contributed by atoms with Crippen molar-refractivity contribution in [2.75, 3.05) is 26.7 Å². The van der Waals surface area contributed by atoms with Crippen LogP contribution in [0.3, 0.4) is 0 Å². The molecule has 0 radical (unpaired) electrons. The van der Waals surface area contributed by atoms with Crippen LogP contribution in [0.1, 0.15) is 138 Å². The number of hydrogen-bond donors (Lipinski definition) is 3. The Labute approximate surface area is 365 Å². The van der Waals surface area contributed by atoms with Crippen molar-refractivity contribution in [3.63, 3.8) is 0 Å². The number of unbranched alkanes of at least 4 members (excludes halogenated alkanes) is 10. The van der Waals surface area contributed by atoms with Crippen LogP contribution in [0.25, 0.3) is 11.1 Å². The molecule has 9 nitrogen and oxygen atoms in total. The van der Waals surface area contributed by atoms with Gasteiger partial charge in [-0.2, -0.15) is 0 Å². The molecule has 0 aromatic heterocycles. The molecule has 0 bridgehead atoms. The number of urea groups is 1. The highest BCUT2D eigenvalue weighted by Crippen LogP contribution is 2.39. The summed E-state index contributed by atoms with van der Waals surface area (Å²) in [4.78, 5) is 28.0. The molecule has 61 heavy (non-hydrogen) atoms. The molecule has 0 saturated carbocycles. The van der Waals surface area contributed by atoms with Crippen molar-refractivity contribution in [3.05, 3.63) is 131 Å². The van der Waals surface area contributed by atoms with Crippen molar-refractivity contribution in [2.45, 2.75) is 141 Å². The van der Waals surface area contributed by atoms with E-state index < -0.39 is 24.3 Å². The van der Waals surface area contributed by atoms with E-state index in [0.717, 1.165) is 65.0 Å². The molecule has 3 N–H and O–H groups in total. The predicted octanol–water partition coefficient (Wildman–Crippen LogP) is 11.0. The van der Waals surface area contributed by atoms with E-state index >= 15 is 0 Å². The molecule has 4 aromatic rings. The number of hydrogen-bond acceptors (Lipinski definition) is 7. The molecule has 5 rings (SSSR count). The van der Waals surface area contributed by atoms with E-state index in [0.29, 0.717) is 6.42 Å². The Morgan fingerprint density at radius 1 is 0.705 bits per heavy atom.